The highest BCUT2D eigenvalue weighted by atomic mass is 19.4. The fraction of sp³-hybridized carbons (Fsp3) is 0.333. The molecule has 1 aromatic rings. The number of carbonyl (C=O) groups is 1. The van der Waals surface area contributed by atoms with Gasteiger partial charge in [0, 0.05) is 11.8 Å². The lowest BCUT2D eigenvalue weighted by Gasteiger charge is -2.08. The van der Waals surface area contributed by atoms with Crippen LogP contribution < -0.4 is 4.74 Å². The SMILES string of the molecule is O=Cc1cncc(OCCC(F)(F)F)c1. The lowest BCUT2D eigenvalue weighted by atomic mass is 10.3. The van der Waals surface area contributed by atoms with Crippen molar-refractivity contribution in [2.24, 2.45) is 0 Å². The largest absolute Gasteiger partial charge is 0.492 e. The quantitative estimate of drug-likeness (QED) is 0.729. The van der Waals surface area contributed by atoms with Crippen LogP contribution in [-0.4, -0.2) is 24.1 Å². The first-order chi connectivity index (χ1) is 7.01. The Balaban J connectivity index is 2.47. The molecule has 0 atom stereocenters. The van der Waals surface area contributed by atoms with Gasteiger partial charge in [-0.25, -0.2) is 0 Å². The Bertz CT molecular complexity index is 338. The first-order valence-electron chi connectivity index (χ1n) is 4.11. The van der Waals surface area contributed by atoms with Crippen molar-refractivity contribution in [3.05, 3.63) is 24.0 Å². The van der Waals surface area contributed by atoms with Crippen LogP contribution in [0, 0.1) is 0 Å². The summed E-state index contributed by atoms with van der Waals surface area (Å²) in [5, 5.41) is 0. The number of alkyl halides is 3. The summed E-state index contributed by atoms with van der Waals surface area (Å²) in [6.45, 7) is -0.479. The van der Waals surface area contributed by atoms with Gasteiger partial charge in [0.05, 0.1) is 19.2 Å². The molecule has 0 aromatic carbocycles. The molecule has 0 aliphatic rings. The van der Waals surface area contributed by atoms with Gasteiger partial charge in [0.1, 0.15) is 5.75 Å². The van der Waals surface area contributed by atoms with Crippen molar-refractivity contribution in [1.82, 2.24) is 4.98 Å². The minimum Gasteiger partial charge on any atom is -0.492 e. The van der Waals surface area contributed by atoms with Crippen LogP contribution in [0.5, 0.6) is 5.75 Å². The average Bonchev–Trinajstić information content (AvgIpc) is 2.16. The highest BCUT2D eigenvalue weighted by Gasteiger charge is 2.26. The van der Waals surface area contributed by atoms with Crippen LogP contribution in [0.4, 0.5) is 13.2 Å². The Morgan fingerprint density at radius 3 is 2.73 bits per heavy atom. The lowest BCUT2D eigenvalue weighted by Crippen LogP contribution is -2.13. The van der Waals surface area contributed by atoms with Crippen molar-refractivity contribution in [1.29, 1.82) is 0 Å². The number of aldehydes is 1. The molecule has 3 nitrogen and oxygen atoms in total. The Hall–Kier alpha value is -1.59. The molecule has 0 unspecified atom stereocenters. The van der Waals surface area contributed by atoms with Crippen molar-refractivity contribution in [3.8, 4) is 5.75 Å². The zero-order valence-corrected chi connectivity index (χ0v) is 7.62. The van der Waals surface area contributed by atoms with E-state index >= 15 is 0 Å². The molecule has 1 rings (SSSR count). The predicted octanol–water partition coefficient (Wildman–Crippen LogP) is 2.23. The van der Waals surface area contributed by atoms with E-state index in [0.717, 1.165) is 0 Å². The lowest BCUT2D eigenvalue weighted by molar-refractivity contribution is -0.139. The molecule has 0 saturated carbocycles. The molecule has 82 valence electrons. The third-order valence-corrected chi connectivity index (χ3v) is 1.52. The molecule has 0 N–H and O–H groups in total. The second-order valence-corrected chi connectivity index (χ2v) is 2.79. The minimum atomic E-state index is -4.24. The molecular weight excluding hydrogens is 211 g/mol. The van der Waals surface area contributed by atoms with Crippen molar-refractivity contribution in [2.45, 2.75) is 12.6 Å². The zero-order chi connectivity index (χ0) is 11.3. The summed E-state index contributed by atoms with van der Waals surface area (Å²) in [6, 6.07) is 1.33. The first kappa shape index (κ1) is 11.5. The summed E-state index contributed by atoms with van der Waals surface area (Å²) in [4.78, 5) is 13.9. The molecule has 15 heavy (non-hydrogen) atoms. The first-order valence-corrected chi connectivity index (χ1v) is 4.11. The third-order valence-electron chi connectivity index (χ3n) is 1.52. The molecule has 1 heterocycles. The van der Waals surface area contributed by atoms with E-state index in [4.69, 9.17) is 4.74 Å². The Labute approximate surface area is 83.9 Å². The minimum absolute atomic E-state index is 0.156. The van der Waals surface area contributed by atoms with Gasteiger partial charge in [-0.05, 0) is 6.07 Å². The topological polar surface area (TPSA) is 39.2 Å². The van der Waals surface area contributed by atoms with Crippen molar-refractivity contribution < 1.29 is 22.7 Å². The maximum absolute atomic E-state index is 11.8. The molecule has 0 amide bonds. The van der Waals surface area contributed by atoms with Crippen LogP contribution in [0.3, 0.4) is 0 Å². The fourth-order valence-electron chi connectivity index (χ4n) is 0.864. The zero-order valence-electron chi connectivity index (χ0n) is 7.62. The van der Waals surface area contributed by atoms with Crippen molar-refractivity contribution >= 4 is 6.29 Å². The van der Waals surface area contributed by atoms with Crippen LogP contribution >= 0.6 is 0 Å². The van der Waals surface area contributed by atoms with Gasteiger partial charge in [-0.2, -0.15) is 13.2 Å². The van der Waals surface area contributed by atoms with Crippen LogP contribution in [0.1, 0.15) is 16.8 Å². The van der Waals surface area contributed by atoms with E-state index in [-0.39, 0.29) is 11.3 Å². The second-order valence-electron chi connectivity index (χ2n) is 2.79. The highest BCUT2D eigenvalue weighted by molar-refractivity contribution is 5.74. The number of hydrogen-bond acceptors (Lipinski definition) is 3. The average molecular weight is 219 g/mol. The van der Waals surface area contributed by atoms with Gasteiger partial charge in [0.2, 0.25) is 0 Å². The van der Waals surface area contributed by atoms with Gasteiger partial charge in [-0.3, -0.25) is 9.78 Å². The number of nitrogens with zero attached hydrogens (tertiary/aromatic N) is 1. The van der Waals surface area contributed by atoms with E-state index in [2.05, 4.69) is 4.98 Å². The Morgan fingerprint density at radius 1 is 1.40 bits per heavy atom. The molecule has 0 spiro atoms. The Morgan fingerprint density at radius 2 is 2.13 bits per heavy atom. The molecule has 0 fully saturated rings. The number of halogens is 3. The van der Waals surface area contributed by atoms with Gasteiger partial charge in [-0.1, -0.05) is 0 Å². The highest BCUT2D eigenvalue weighted by Crippen LogP contribution is 2.20. The van der Waals surface area contributed by atoms with Gasteiger partial charge in [-0.15, -0.1) is 0 Å². The summed E-state index contributed by atoms with van der Waals surface area (Å²) in [5.41, 5.74) is 0.263. The number of carbonyl (C=O) groups excluding carboxylic acids is 1. The molecule has 0 aliphatic heterocycles. The summed E-state index contributed by atoms with van der Waals surface area (Å²) < 4.78 is 40.0. The van der Waals surface area contributed by atoms with Gasteiger partial charge < -0.3 is 4.74 Å². The predicted molar refractivity (Wildman–Crippen MR) is 45.8 cm³/mol. The fourth-order valence-corrected chi connectivity index (χ4v) is 0.864. The maximum atomic E-state index is 11.8. The van der Waals surface area contributed by atoms with E-state index in [0.29, 0.717) is 6.29 Å². The maximum Gasteiger partial charge on any atom is 0.392 e. The van der Waals surface area contributed by atoms with Crippen LogP contribution in [0.25, 0.3) is 0 Å². The van der Waals surface area contributed by atoms with Gasteiger partial charge >= 0.3 is 6.18 Å². The standard InChI is InChI=1S/C9H8F3NO2/c10-9(11,12)1-2-15-8-3-7(6-14)4-13-5-8/h3-6H,1-2H2. The Kier molecular flexibility index (Phi) is 3.65. The van der Waals surface area contributed by atoms with Gasteiger partial charge in [0.25, 0.3) is 0 Å². The molecule has 1 aromatic heterocycles. The van der Waals surface area contributed by atoms with E-state index in [1.165, 1.54) is 18.5 Å². The van der Waals surface area contributed by atoms with E-state index in [9.17, 15) is 18.0 Å². The summed E-state index contributed by atoms with van der Waals surface area (Å²) in [5.74, 6) is 0.156. The smallest absolute Gasteiger partial charge is 0.392 e. The number of pyridine rings is 1. The molecule has 0 bridgehead atoms. The molecule has 0 aliphatic carbocycles. The normalized spacial score (nSPS) is 11.1. The van der Waals surface area contributed by atoms with E-state index in [1.54, 1.807) is 0 Å². The second kappa shape index (κ2) is 4.77. The van der Waals surface area contributed by atoms with Crippen LogP contribution in [-0.2, 0) is 0 Å². The summed E-state index contributed by atoms with van der Waals surface area (Å²) >= 11 is 0. The number of ether oxygens (including phenoxy) is 1. The van der Waals surface area contributed by atoms with Crippen molar-refractivity contribution in [2.75, 3.05) is 6.61 Å². The molecule has 6 heteroatoms. The monoisotopic (exact) mass is 219 g/mol. The molecule has 0 saturated heterocycles. The number of aromatic nitrogens is 1. The van der Waals surface area contributed by atoms with Crippen LogP contribution in [0.2, 0.25) is 0 Å². The molecule has 0 radical (unpaired) electrons. The van der Waals surface area contributed by atoms with Crippen LogP contribution in [0.15, 0.2) is 18.5 Å². The third kappa shape index (κ3) is 4.44. The molecular formula is C9H8F3NO2. The van der Waals surface area contributed by atoms with Gasteiger partial charge in [0.15, 0.2) is 6.29 Å². The van der Waals surface area contributed by atoms with E-state index in [1.807, 2.05) is 0 Å². The summed E-state index contributed by atoms with van der Waals surface area (Å²) in [6.07, 6.45) is -2.18. The summed E-state index contributed by atoms with van der Waals surface area (Å²) in [7, 11) is 0. The van der Waals surface area contributed by atoms with E-state index < -0.39 is 19.2 Å². The number of hydrogen-bond donors (Lipinski definition) is 0. The number of rotatable bonds is 4. The van der Waals surface area contributed by atoms with Crippen molar-refractivity contribution in [3.63, 3.8) is 0 Å².